The number of aliphatic carboxylic acids is 4. The molecule has 0 aliphatic rings. The third-order valence-corrected chi connectivity index (χ3v) is 10.7. The van der Waals surface area contributed by atoms with Crippen molar-refractivity contribution in [3.63, 3.8) is 0 Å². The Bertz CT molecular complexity index is 1920. The van der Waals surface area contributed by atoms with Crippen LogP contribution in [-0.2, 0) is 62.3 Å². The van der Waals surface area contributed by atoms with Crippen LogP contribution in [0.1, 0.15) is 99.3 Å². The normalized spacial score (nSPS) is 15.3. The molecule has 0 aromatic heterocycles. The van der Waals surface area contributed by atoms with Crippen molar-refractivity contribution < 1.29 is 87.9 Å². The molecule has 10 atom stereocenters. The summed E-state index contributed by atoms with van der Waals surface area (Å²) >= 11 is 1.30. The summed E-state index contributed by atoms with van der Waals surface area (Å²) in [6, 6.07) is -14.3. The Morgan fingerprint density at radius 1 is 0.465 bits per heavy atom. The number of carbonyl (C=O) groups excluding carboxylic acids is 9. The van der Waals surface area contributed by atoms with Crippen LogP contribution in [-0.4, -0.2) is 175 Å². The van der Waals surface area contributed by atoms with Crippen molar-refractivity contribution >= 4 is 88.8 Å². The Morgan fingerprint density at radius 3 is 1.28 bits per heavy atom. The number of hydrogen-bond donors (Lipinski definition) is 15. The molecule has 0 unspecified atom stereocenters. The second-order valence-corrected chi connectivity index (χ2v) is 18.4. The molecule has 0 rings (SSSR count). The van der Waals surface area contributed by atoms with E-state index in [0.29, 0.717) is 5.75 Å². The van der Waals surface area contributed by atoms with Crippen molar-refractivity contribution in [1.82, 2.24) is 42.5 Å². The first-order valence-corrected chi connectivity index (χ1v) is 23.8. The number of thioether (sulfide) groups is 1. The monoisotopic (exact) mass is 1030 g/mol. The Labute approximate surface area is 413 Å². The number of nitrogens with one attached hydrogen (secondary N) is 8. The van der Waals surface area contributed by atoms with E-state index < -0.39 is 176 Å². The highest BCUT2D eigenvalue weighted by atomic mass is 32.2. The van der Waals surface area contributed by atoms with Crippen LogP contribution in [0, 0.1) is 11.8 Å². The number of aliphatic hydroxyl groups is 1. The molecule has 0 aliphatic heterocycles. The number of hydrogen-bond acceptors (Lipinski definition) is 16. The van der Waals surface area contributed by atoms with Gasteiger partial charge in [0, 0.05) is 12.8 Å². The van der Waals surface area contributed by atoms with Gasteiger partial charge in [-0.3, -0.25) is 57.5 Å². The van der Waals surface area contributed by atoms with Gasteiger partial charge in [0.25, 0.3) is 0 Å². The number of carbonyl (C=O) groups is 13. The summed E-state index contributed by atoms with van der Waals surface area (Å²) < 4.78 is 0. The molecule has 29 heteroatoms. The predicted molar refractivity (Wildman–Crippen MR) is 250 cm³/mol. The van der Waals surface area contributed by atoms with E-state index in [0.717, 1.165) is 6.92 Å². The van der Waals surface area contributed by atoms with Crippen molar-refractivity contribution in [2.24, 2.45) is 23.3 Å². The third kappa shape index (κ3) is 26.2. The molecule has 0 fully saturated rings. The Morgan fingerprint density at radius 2 is 0.859 bits per heavy atom. The first-order chi connectivity index (χ1) is 32.9. The first kappa shape index (κ1) is 64.4. The lowest BCUT2D eigenvalue weighted by atomic mass is 10.0. The summed E-state index contributed by atoms with van der Waals surface area (Å²) in [5.41, 5.74) is 10.7. The van der Waals surface area contributed by atoms with Crippen LogP contribution >= 0.6 is 11.8 Å². The van der Waals surface area contributed by atoms with Crippen molar-refractivity contribution in [3.8, 4) is 0 Å². The zero-order valence-electron chi connectivity index (χ0n) is 40.6. The number of amides is 9. The summed E-state index contributed by atoms with van der Waals surface area (Å²) in [7, 11) is 0. The number of rotatable bonds is 35. The molecule has 9 amide bonds. The largest absolute Gasteiger partial charge is 0.481 e. The highest BCUT2D eigenvalue weighted by molar-refractivity contribution is 7.98. The highest BCUT2D eigenvalue weighted by Crippen LogP contribution is 2.12. The molecule has 0 aliphatic carbocycles. The second-order valence-electron chi connectivity index (χ2n) is 17.4. The number of primary amides is 1. The van der Waals surface area contributed by atoms with E-state index in [1.54, 1.807) is 34.0 Å². The molecule has 402 valence electrons. The SMILES string of the molecule is CSCC[C@H](NC(=O)[C@H](CC(C)C)NC(=O)[C@H](C)NC(=O)[C@H](CCC(=O)O)NC(=O)[C@H](CC(C)C)NC(=O)[C@H](CC(=O)O)NC(=O)[C@@H](NC(=O)[C@@H](N)CC(N)=O)[C@@H](C)O)C(=O)N[C@@H](CCC(=O)O)C(=O)O. The molecule has 71 heavy (non-hydrogen) atoms. The summed E-state index contributed by atoms with van der Waals surface area (Å²) in [6.45, 7) is 8.95. The topological polar surface area (TPSA) is 471 Å². The average molecular weight is 1040 g/mol. The van der Waals surface area contributed by atoms with E-state index in [-0.39, 0.29) is 31.1 Å². The molecule has 0 saturated carbocycles. The predicted octanol–water partition coefficient (Wildman–Crippen LogP) is -4.40. The van der Waals surface area contributed by atoms with Gasteiger partial charge in [0.2, 0.25) is 53.2 Å². The number of aliphatic hydroxyl groups excluding tert-OH is 1. The van der Waals surface area contributed by atoms with Crippen LogP contribution in [0.4, 0.5) is 0 Å². The van der Waals surface area contributed by atoms with E-state index in [2.05, 4.69) is 42.5 Å². The number of carboxylic acids is 4. The third-order valence-electron chi connectivity index (χ3n) is 10.0. The summed E-state index contributed by atoms with van der Waals surface area (Å²) in [6.07, 6.45) is -4.13. The van der Waals surface area contributed by atoms with Gasteiger partial charge in [-0.05, 0) is 69.8 Å². The zero-order valence-corrected chi connectivity index (χ0v) is 41.4. The summed E-state index contributed by atoms with van der Waals surface area (Å²) in [4.78, 5) is 165. The fourth-order valence-corrected chi connectivity index (χ4v) is 6.83. The maximum absolute atomic E-state index is 13.8. The Kier molecular flexibility index (Phi) is 29.3. The van der Waals surface area contributed by atoms with Crippen molar-refractivity contribution in [2.75, 3.05) is 12.0 Å². The van der Waals surface area contributed by atoms with Crippen LogP contribution in [0.5, 0.6) is 0 Å². The van der Waals surface area contributed by atoms with E-state index in [1.807, 2.05) is 0 Å². The van der Waals surface area contributed by atoms with Gasteiger partial charge in [0.15, 0.2) is 0 Å². The minimum Gasteiger partial charge on any atom is -0.481 e. The van der Waals surface area contributed by atoms with Crippen LogP contribution < -0.4 is 54.0 Å². The quantitative estimate of drug-likeness (QED) is 0.0285. The maximum Gasteiger partial charge on any atom is 0.326 e. The smallest absolute Gasteiger partial charge is 0.326 e. The summed E-state index contributed by atoms with van der Waals surface area (Å²) in [5.74, 6) is -15.6. The van der Waals surface area contributed by atoms with Gasteiger partial charge in [-0.15, -0.1) is 0 Å². The molecular formula is C42H70N10O18S. The minimum atomic E-state index is -1.95. The minimum absolute atomic E-state index is 0.00641. The zero-order chi connectivity index (χ0) is 54.9. The van der Waals surface area contributed by atoms with Gasteiger partial charge in [-0.2, -0.15) is 11.8 Å². The molecule has 0 heterocycles. The van der Waals surface area contributed by atoms with Gasteiger partial charge in [-0.25, -0.2) is 4.79 Å². The van der Waals surface area contributed by atoms with Gasteiger partial charge >= 0.3 is 23.9 Å². The van der Waals surface area contributed by atoms with Gasteiger partial charge in [-0.1, -0.05) is 27.7 Å². The molecule has 0 aromatic rings. The lowest BCUT2D eigenvalue weighted by molar-refractivity contribution is -0.144. The van der Waals surface area contributed by atoms with Crippen LogP contribution in [0.15, 0.2) is 0 Å². The second kappa shape index (κ2) is 32.3. The van der Waals surface area contributed by atoms with Crippen LogP contribution in [0.25, 0.3) is 0 Å². The van der Waals surface area contributed by atoms with E-state index in [4.69, 9.17) is 16.6 Å². The maximum atomic E-state index is 13.8. The highest BCUT2D eigenvalue weighted by Gasteiger charge is 2.36. The van der Waals surface area contributed by atoms with Gasteiger partial charge < -0.3 is 79.5 Å². The number of carboxylic acid groups (broad SMARTS) is 4. The van der Waals surface area contributed by atoms with Gasteiger partial charge in [0.1, 0.15) is 48.3 Å². The van der Waals surface area contributed by atoms with Crippen LogP contribution in [0.3, 0.4) is 0 Å². The lowest BCUT2D eigenvalue weighted by Gasteiger charge is -2.28. The molecule has 17 N–H and O–H groups in total. The average Bonchev–Trinajstić information content (AvgIpc) is 3.24. The fraction of sp³-hybridized carbons (Fsp3) is 0.690. The Hall–Kier alpha value is -6.62. The summed E-state index contributed by atoms with van der Waals surface area (Å²) in [5, 5.41) is 66.2. The molecule has 28 nitrogen and oxygen atoms in total. The Balaban J connectivity index is 6.42. The van der Waals surface area contributed by atoms with E-state index >= 15 is 0 Å². The van der Waals surface area contributed by atoms with Crippen LogP contribution in [0.2, 0.25) is 0 Å². The molecule has 0 spiro atoms. The van der Waals surface area contributed by atoms with Crippen molar-refractivity contribution in [3.05, 3.63) is 0 Å². The number of nitrogens with two attached hydrogens (primary N) is 2. The standard InChI is InChI=1S/C42H70N10O18S/c1-18(2)14-26(38(65)47-24(12-13-71-7)37(64)48-25(42(69)70)9-11-31(57)58)49-34(61)20(5)45-36(63)23(8-10-30(55)56)46-39(66)27(15-19(3)4)50-40(67)28(17-32(59)60)51-41(68)33(21(6)53)52-35(62)22(43)16-29(44)54/h18-28,33,53H,8-17,43H2,1-7H3,(H2,44,54)(H,45,63)(H,46,66)(H,47,65)(H,48,64)(H,49,61)(H,50,67)(H,51,68)(H,52,62)(H,55,56)(H,57,58)(H,59,60)(H,69,70)/t20-,21+,22-,23-,24-,25-,26-,27-,28-,33-/m0/s1. The molecule has 0 radical (unpaired) electrons. The van der Waals surface area contributed by atoms with Crippen molar-refractivity contribution in [1.29, 1.82) is 0 Å². The van der Waals surface area contributed by atoms with E-state index in [1.165, 1.54) is 18.7 Å². The van der Waals surface area contributed by atoms with Crippen molar-refractivity contribution in [2.45, 2.75) is 160 Å². The molecular weight excluding hydrogens is 965 g/mol. The van der Waals surface area contributed by atoms with E-state index in [9.17, 15) is 82.8 Å². The van der Waals surface area contributed by atoms with Gasteiger partial charge in [0.05, 0.1) is 25.0 Å². The fourth-order valence-electron chi connectivity index (χ4n) is 6.36. The first-order valence-electron chi connectivity index (χ1n) is 22.4. The lowest BCUT2D eigenvalue weighted by Crippen LogP contribution is -2.61. The molecule has 0 bridgehead atoms. The molecule has 0 aromatic carbocycles. The molecule has 0 saturated heterocycles.